The molecule has 1 aliphatic rings. The lowest BCUT2D eigenvalue weighted by molar-refractivity contribution is 0.0598. The maximum Gasteiger partial charge on any atom is 0.337 e. The van der Waals surface area contributed by atoms with E-state index < -0.39 is 36.9 Å². The van der Waals surface area contributed by atoms with E-state index in [0.717, 1.165) is 44.9 Å². The Morgan fingerprint density at radius 3 is 2.00 bits per heavy atom. The molecule has 0 saturated heterocycles. The molecule has 33 heavy (non-hydrogen) atoms. The van der Waals surface area contributed by atoms with Crippen molar-refractivity contribution in [1.29, 1.82) is 0 Å². The number of nitrogens with one attached hydrogen (secondary N) is 2. The monoisotopic (exact) mass is 495 g/mol. The molecule has 0 fully saturated rings. The van der Waals surface area contributed by atoms with Crippen molar-refractivity contribution in [2.45, 2.75) is 22.6 Å². The molecule has 0 aromatic heterocycles. The summed E-state index contributed by atoms with van der Waals surface area (Å²) >= 11 is 0. The standard InChI is InChI=1S/C20H21N3O8S2/c1-30-19(24)13-9-14(20(25)31-2)11-17(10-13)33(28,29)22-15-5-3-6-16(12-15)32(26,27)23-18-7-4-8-21-18/h3,5-6,9-12,22H,4,7-8H2,1-2H3,(H,21,23). The maximum atomic E-state index is 13.0. The first-order chi connectivity index (χ1) is 15.6. The highest BCUT2D eigenvalue weighted by atomic mass is 32.2. The predicted molar refractivity (Wildman–Crippen MR) is 118 cm³/mol. The smallest absolute Gasteiger partial charge is 0.337 e. The number of hydrogen-bond acceptors (Lipinski definition) is 9. The van der Waals surface area contributed by atoms with Crippen LogP contribution in [0.1, 0.15) is 33.6 Å². The van der Waals surface area contributed by atoms with Crippen molar-refractivity contribution in [3.63, 3.8) is 0 Å². The van der Waals surface area contributed by atoms with Gasteiger partial charge in [-0.2, -0.15) is 0 Å². The van der Waals surface area contributed by atoms with Crippen LogP contribution in [0.3, 0.4) is 0 Å². The number of sulfonamides is 2. The number of hydrogen-bond donors (Lipinski definition) is 2. The lowest BCUT2D eigenvalue weighted by Crippen LogP contribution is -2.29. The summed E-state index contributed by atoms with van der Waals surface area (Å²) in [6.45, 7) is 0.538. The van der Waals surface area contributed by atoms with Crippen molar-refractivity contribution in [3.8, 4) is 0 Å². The van der Waals surface area contributed by atoms with Gasteiger partial charge in [-0.25, -0.2) is 26.4 Å². The Labute approximate surface area is 190 Å². The molecular weight excluding hydrogens is 474 g/mol. The molecule has 0 unspecified atom stereocenters. The Morgan fingerprint density at radius 1 is 0.848 bits per heavy atom. The van der Waals surface area contributed by atoms with Crippen molar-refractivity contribution < 1.29 is 35.9 Å². The van der Waals surface area contributed by atoms with Crippen LogP contribution in [0.5, 0.6) is 0 Å². The van der Waals surface area contributed by atoms with Gasteiger partial charge in [-0.3, -0.25) is 14.4 Å². The number of amidine groups is 1. The minimum absolute atomic E-state index is 0.0469. The van der Waals surface area contributed by atoms with Gasteiger partial charge in [0.1, 0.15) is 5.84 Å². The fourth-order valence-corrected chi connectivity index (χ4v) is 5.26. The quantitative estimate of drug-likeness (QED) is 0.548. The van der Waals surface area contributed by atoms with Gasteiger partial charge in [0.2, 0.25) is 0 Å². The van der Waals surface area contributed by atoms with Crippen molar-refractivity contribution in [2.24, 2.45) is 4.99 Å². The lowest BCUT2D eigenvalue weighted by atomic mass is 10.1. The van der Waals surface area contributed by atoms with E-state index in [9.17, 15) is 26.4 Å². The highest BCUT2D eigenvalue weighted by Gasteiger charge is 2.23. The van der Waals surface area contributed by atoms with Gasteiger partial charge < -0.3 is 9.47 Å². The van der Waals surface area contributed by atoms with E-state index >= 15 is 0 Å². The third-order valence-electron chi connectivity index (χ3n) is 4.58. The van der Waals surface area contributed by atoms with Crippen LogP contribution in [-0.2, 0) is 29.5 Å². The normalized spacial score (nSPS) is 13.7. The van der Waals surface area contributed by atoms with Crippen molar-refractivity contribution in [3.05, 3.63) is 53.6 Å². The third-order valence-corrected chi connectivity index (χ3v) is 7.32. The SMILES string of the molecule is COC(=O)c1cc(C(=O)OC)cc(S(=O)(=O)Nc2cccc(S(=O)(=O)NC3=NCCC3)c2)c1. The third kappa shape index (κ3) is 5.68. The van der Waals surface area contributed by atoms with Gasteiger partial charge in [-0.15, -0.1) is 0 Å². The first kappa shape index (κ1) is 24.2. The molecule has 1 heterocycles. The molecule has 1 aliphatic heterocycles. The highest BCUT2D eigenvalue weighted by molar-refractivity contribution is 7.92. The summed E-state index contributed by atoms with van der Waals surface area (Å²) < 4.78 is 65.0. The summed E-state index contributed by atoms with van der Waals surface area (Å²) in [5.74, 6) is -1.37. The summed E-state index contributed by atoms with van der Waals surface area (Å²) in [5.41, 5.74) is -0.411. The molecule has 13 heteroatoms. The number of ether oxygens (including phenoxy) is 2. The molecule has 0 aliphatic carbocycles. The van der Waals surface area contributed by atoms with Gasteiger partial charge in [0, 0.05) is 13.0 Å². The zero-order valence-corrected chi connectivity index (χ0v) is 19.3. The molecule has 0 saturated carbocycles. The fourth-order valence-electron chi connectivity index (χ4n) is 3.00. The molecule has 2 aromatic carbocycles. The Hall–Kier alpha value is -3.45. The molecule has 0 bridgehead atoms. The Morgan fingerprint density at radius 2 is 1.45 bits per heavy atom. The molecule has 2 aromatic rings. The molecule has 0 radical (unpaired) electrons. The molecule has 176 valence electrons. The second-order valence-electron chi connectivity index (χ2n) is 6.90. The molecule has 3 rings (SSSR count). The number of nitrogens with zero attached hydrogens (tertiary/aromatic N) is 1. The minimum atomic E-state index is -4.33. The highest BCUT2D eigenvalue weighted by Crippen LogP contribution is 2.22. The number of methoxy groups -OCH3 is 2. The predicted octanol–water partition coefficient (Wildman–Crippen LogP) is 1.53. The number of aliphatic imine (C=N–C) groups is 1. The average molecular weight is 496 g/mol. The van der Waals surface area contributed by atoms with E-state index in [4.69, 9.17) is 0 Å². The zero-order valence-electron chi connectivity index (χ0n) is 17.7. The largest absolute Gasteiger partial charge is 0.465 e. The Bertz CT molecular complexity index is 1300. The number of rotatable bonds is 7. The van der Waals surface area contributed by atoms with Crippen LogP contribution in [-0.4, -0.2) is 55.4 Å². The first-order valence-electron chi connectivity index (χ1n) is 9.56. The summed E-state index contributed by atoms with van der Waals surface area (Å²) in [4.78, 5) is 27.4. The maximum absolute atomic E-state index is 13.0. The van der Waals surface area contributed by atoms with Crippen LogP contribution >= 0.6 is 0 Å². The molecule has 0 atom stereocenters. The van der Waals surface area contributed by atoms with E-state index in [2.05, 4.69) is 23.9 Å². The number of benzene rings is 2. The van der Waals surface area contributed by atoms with Crippen LogP contribution in [0.15, 0.2) is 57.2 Å². The number of anilines is 1. The van der Waals surface area contributed by atoms with E-state index in [1.165, 1.54) is 18.2 Å². The number of carbonyl (C=O) groups is 2. The molecule has 2 N–H and O–H groups in total. The van der Waals surface area contributed by atoms with Gasteiger partial charge in [0.05, 0.1) is 40.8 Å². The van der Waals surface area contributed by atoms with E-state index in [-0.39, 0.29) is 21.7 Å². The minimum Gasteiger partial charge on any atom is -0.465 e. The zero-order chi connectivity index (χ0) is 24.2. The van der Waals surface area contributed by atoms with E-state index in [1.54, 1.807) is 0 Å². The van der Waals surface area contributed by atoms with Crippen LogP contribution in [0.25, 0.3) is 0 Å². The van der Waals surface area contributed by atoms with Gasteiger partial charge >= 0.3 is 11.9 Å². The second kappa shape index (κ2) is 9.58. The van der Waals surface area contributed by atoms with E-state index in [1.807, 2.05) is 0 Å². The molecule has 0 amide bonds. The second-order valence-corrected chi connectivity index (χ2v) is 10.3. The molecule has 11 nitrogen and oxygen atoms in total. The number of esters is 2. The summed E-state index contributed by atoms with van der Waals surface area (Å²) in [6.07, 6.45) is 1.25. The topological polar surface area (TPSA) is 157 Å². The van der Waals surface area contributed by atoms with Crippen LogP contribution < -0.4 is 9.44 Å². The Balaban J connectivity index is 1.94. The van der Waals surface area contributed by atoms with Crippen LogP contribution in [0.2, 0.25) is 0 Å². The van der Waals surface area contributed by atoms with Crippen molar-refractivity contribution in [1.82, 2.24) is 4.72 Å². The van der Waals surface area contributed by atoms with E-state index in [0.29, 0.717) is 18.8 Å². The Kier molecular flexibility index (Phi) is 7.03. The summed E-state index contributed by atoms with van der Waals surface area (Å²) in [5, 5.41) is 0. The van der Waals surface area contributed by atoms with Gasteiger partial charge in [-0.1, -0.05) is 6.07 Å². The summed E-state index contributed by atoms with van der Waals surface area (Å²) in [7, 11) is -6.08. The molecular formula is C20H21N3O8S2. The average Bonchev–Trinajstić information content (AvgIpc) is 3.29. The van der Waals surface area contributed by atoms with Crippen LogP contribution in [0, 0.1) is 0 Å². The van der Waals surface area contributed by atoms with Gasteiger partial charge in [0.25, 0.3) is 20.0 Å². The van der Waals surface area contributed by atoms with Crippen molar-refractivity contribution in [2.75, 3.05) is 25.5 Å². The molecule has 0 spiro atoms. The van der Waals surface area contributed by atoms with Crippen molar-refractivity contribution >= 4 is 43.5 Å². The lowest BCUT2D eigenvalue weighted by Gasteiger charge is -2.12. The van der Waals surface area contributed by atoms with Crippen LogP contribution in [0.4, 0.5) is 5.69 Å². The van der Waals surface area contributed by atoms with Gasteiger partial charge in [0.15, 0.2) is 0 Å². The fraction of sp³-hybridized carbons (Fsp3) is 0.250. The summed E-state index contributed by atoms with van der Waals surface area (Å²) in [6, 6.07) is 8.37. The van der Waals surface area contributed by atoms with Gasteiger partial charge in [-0.05, 0) is 42.8 Å². The first-order valence-corrected chi connectivity index (χ1v) is 12.5. The number of carbonyl (C=O) groups excluding carboxylic acids is 2.